The number of carbonyl (C=O) groups is 1. The fraction of sp³-hybridized carbons (Fsp3) is 0.152. The van der Waals surface area contributed by atoms with Crippen LogP contribution in [0, 0.1) is 11.6 Å². The van der Waals surface area contributed by atoms with Crippen LogP contribution in [0.25, 0.3) is 44.3 Å². The summed E-state index contributed by atoms with van der Waals surface area (Å²) in [5, 5.41) is 11.3. The number of hydrogen-bond acceptors (Lipinski definition) is 8. The highest BCUT2D eigenvalue weighted by Crippen LogP contribution is 2.42. The Labute approximate surface area is 267 Å². The number of nitrogens with zero attached hydrogens (tertiary/aromatic N) is 4. The summed E-state index contributed by atoms with van der Waals surface area (Å²) >= 11 is 0. The molecule has 47 heavy (non-hydrogen) atoms. The number of nitrogens with one attached hydrogen (secondary N) is 1. The third-order valence-electron chi connectivity index (χ3n) is 7.77. The minimum absolute atomic E-state index is 0.0132. The highest BCUT2D eigenvalue weighted by atomic mass is 32.2. The Morgan fingerprint density at radius 2 is 1.64 bits per heavy atom. The van der Waals surface area contributed by atoms with Gasteiger partial charge in [-0.05, 0) is 65.7 Å². The van der Waals surface area contributed by atoms with E-state index in [1.54, 1.807) is 12.1 Å². The Hall–Kier alpha value is -5.63. The topological polar surface area (TPSA) is 137 Å². The van der Waals surface area contributed by atoms with Crippen LogP contribution >= 0.6 is 0 Å². The lowest BCUT2D eigenvalue weighted by molar-refractivity contribution is 0.0964. The van der Waals surface area contributed by atoms with E-state index in [-0.39, 0.29) is 45.8 Å². The Kier molecular flexibility index (Phi) is 7.97. The largest absolute Gasteiger partial charge is 0.494 e. The van der Waals surface area contributed by atoms with Crippen molar-refractivity contribution >= 4 is 43.5 Å². The molecular formula is C33H27F2N5O6S. The quantitative estimate of drug-likeness (QED) is 0.242. The summed E-state index contributed by atoms with van der Waals surface area (Å²) in [6, 6.07) is 17.2. The number of furan rings is 1. The molecule has 11 nitrogen and oxygen atoms in total. The second-order valence-electron chi connectivity index (χ2n) is 10.7. The second kappa shape index (κ2) is 11.9. The van der Waals surface area contributed by atoms with Crippen molar-refractivity contribution in [1.29, 1.82) is 0 Å². The third kappa shape index (κ3) is 5.78. The van der Waals surface area contributed by atoms with Crippen molar-refractivity contribution < 1.29 is 31.1 Å². The lowest BCUT2D eigenvalue weighted by Crippen LogP contribution is -2.26. The van der Waals surface area contributed by atoms with E-state index in [0.717, 1.165) is 15.2 Å². The average Bonchev–Trinajstić information content (AvgIpc) is 3.43. The normalized spacial score (nSPS) is 11.6. The average molecular weight is 660 g/mol. The molecule has 6 rings (SSSR count). The van der Waals surface area contributed by atoms with Gasteiger partial charge in [0.1, 0.15) is 34.2 Å². The summed E-state index contributed by atoms with van der Waals surface area (Å²) in [6.45, 7) is 0.0132. The molecule has 4 aromatic carbocycles. The summed E-state index contributed by atoms with van der Waals surface area (Å²) in [4.78, 5) is 27.0. The predicted octanol–water partition coefficient (Wildman–Crippen LogP) is 4.96. The molecule has 0 spiro atoms. The molecule has 1 amide bonds. The number of hydrogen-bond donors (Lipinski definition) is 1. The molecule has 2 aromatic heterocycles. The molecule has 14 heteroatoms. The van der Waals surface area contributed by atoms with Gasteiger partial charge < -0.3 is 14.5 Å². The van der Waals surface area contributed by atoms with Crippen LogP contribution in [0.4, 0.5) is 14.5 Å². The van der Waals surface area contributed by atoms with Crippen molar-refractivity contribution in [2.24, 2.45) is 0 Å². The zero-order chi connectivity index (χ0) is 33.6. The molecule has 0 saturated carbocycles. The molecular weight excluding hydrogens is 632 g/mol. The Morgan fingerprint density at radius 1 is 0.979 bits per heavy atom. The molecule has 0 radical (unpaired) electrons. The van der Waals surface area contributed by atoms with Crippen LogP contribution in [0.1, 0.15) is 15.9 Å². The van der Waals surface area contributed by atoms with Crippen molar-refractivity contribution in [3.63, 3.8) is 0 Å². The van der Waals surface area contributed by atoms with Gasteiger partial charge in [-0.25, -0.2) is 21.9 Å². The van der Waals surface area contributed by atoms with E-state index in [4.69, 9.17) is 9.15 Å². The maximum atomic E-state index is 13.7. The lowest BCUT2D eigenvalue weighted by atomic mass is 9.97. The van der Waals surface area contributed by atoms with Crippen molar-refractivity contribution in [2.75, 3.05) is 31.8 Å². The monoisotopic (exact) mass is 659 g/mol. The first-order chi connectivity index (χ1) is 22.4. The SMILES string of the molecule is CNC(=O)c1c(-c2ccc(F)cc2)oc2cc(N(C)S(C)(=O)=O)c(-c3cc(OC)c4nnn(Cc5ccc(F)cc5)c(=O)c4c3)cc12. The van der Waals surface area contributed by atoms with Crippen LogP contribution in [0.3, 0.4) is 0 Å². The summed E-state index contributed by atoms with van der Waals surface area (Å²) in [6.07, 6.45) is 1.04. The molecule has 0 aliphatic carbocycles. The Morgan fingerprint density at radius 3 is 2.26 bits per heavy atom. The number of sulfonamides is 1. The number of fused-ring (bicyclic) bond motifs is 2. The molecule has 0 aliphatic heterocycles. The fourth-order valence-electron chi connectivity index (χ4n) is 5.29. The first-order valence-corrected chi connectivity index (χ1v) is 16.0. The van der Waals surface area contributed by atoms with E-state index < -0.39 is 33.1 Å². The van der Waals surface area contributed by atoms with Gasteiger partial charge in [0.25, 0.3) is 11.5 Å². The number of methoxy groups -OCH3 is 1. The van der Waals surface area contributed by atoms with Gasteiger partial charge >= 0.3 is 0 Å². The van der Waals surface area contributed by atoms with Gasteiger partial charge in [0, 0.05) is 36.7 Å². The van der Waals surface area contributed by atoms with E-state index in [2.05, 4.69) is 15.6 Å². The van der Waals surface area contributed by atoms with Gasteiger partial charge in [-0.1, -0.05) is 17.3 Å². The van der Waals surface area contributed by atoms with E-state index in [1.807, 2.05) is 0 Å². The highest BCUT2D eigenvalue weighted by Gasteiger charge is 2.27. The maximum Gasteiger partial charge on any atom is 0.278 e. The van der Waals surface area contributed by atoms with Crippen LogP contribution in [0.2, 0.25) is 0 Å². The standard InChI is InChI=1S/C33H27F2N5O6S/c1-36-32(41)29-24-15-23(26(39(2)47(4,43)44)16-27(24)46-31(29)19-7-11-22(35)12-8-19)20-13-25-30(28(14-20)45-3)37-38-40(33(25)42)17-18-5-9-21(34)10-6-18/h5-16H,17H2,1-4H3,(H,36,41). The highest BCUT2D eigenvalue weighted by molar-refractivity contribution is 7.92. The first-order valence-electron chi connectivity index (χ1n) is 14.1. The lowest BCUT2D eigenvalue weighted by Gasteiger charge is -2.21. The molecule has 0 fully saturated rings. The number of benzene rings is 4. The van der Waals surface area contributed by atoms with Gasteiger partial charge in [-0.15, -0.1) is 5.10 Å². The second-order valence-corrected chi connectivity index (χ2v) is 12.8. The Bertz CT molecular complexity index is 2360. The molecule has 0 saturated heterocycles. The predicted molar refractivity (Wildman–Crippen MR) is 173 cm³/mol. The van der Waals surface area contributed by atoms with E-state index in [0.29, 0.717) is 27.6 Å². The van der Waals surface area contributed by atoms with Gasteiger partial charge in [0.15, 0.2) is 0 Å². The summed E-state index contributed by atoms with van der Waals surface area (Å²) in [7, 11) is 0.389. The number of amides is 1. The molecule has 6 aromatic rings. The number of carbonyl (C=O) groups excluding carboxylic acids is 1. The fourth-order valence-corrected chi connectivity index (χ4v) is 5.80. The van der Waals surface area contributed by atoms with Gasteiger partial charge in [0.05, 0.1) is 36.5 Å². The van der Waals surface area contributed by atoms with Gasteiger partial charge in [0.2, 0.25) is 10.0 Å². The van der Waals surface area contributed by atoms with Crippen LogP contribution in [0.15, 0.2) is 82.0 Å². The number of anilines is 1. The number of ether oxygens (including phenoxy) is 1. The molecule has 0 bridgehead atoms. The molecule has 0 aliphatic rings. The van der Waals surface area contributed by atoms with Gasteiger partial charge in [-0.2, -0.15) is 0 Å². The van der Waals surface area contributed by atoms with E-state index in [9.17, 15) is 26.8 Å². The van der Waals surface area contributed by atoms with Crippen molar-refractivity contribution in [3.8, 4) is 28.2 Å². The van der Waals surface area contributed by atoms with Crippen LogP contribution in [0.5, 0.6) is 5.75 Å². The molecule has 2 heterocycles. The molecule has 1 N–H and O–H groups in total. The molecule has 0 unspecified atom stereocenters. The van der Waals surface area contributed by atoms with E-state index >= 15 is 0 Å². The van der Waals surface area contributed by atoms with Crippen LogP contribution in [-0.2, 0) is 16.6 Å². The van der Waals surface area contributed by atoms with Gasteiger partial charge in [-0.3, -0.25) is 13.9 Å². The zero-order valence-electron chi connectivity index (χ0n) is 25.5. The minimum atomic E-state index is -3.82. The zero-order valence-corrected chi connectivity index (χ0v) is 26.4. The summed E-state index contributed by atoms with van der Waals surface area (Å²) < 4.78 is 66.8. The summed E-state index contributed by atoms with van der Waals surface area (Å²) in [5.74, 6) is -1.05. The Balaban J connectivity index is 1.63. The minimum Gasteiger partial charge on any atom is -0.494 e. The number of halogens is 2. The number of aromatic nitrogens is 3. The third-order valence-corrected chi connectivity index (χ3v) is 8.96. The van der Waals surface area contributed by atoms with Crippen LogP contribution in [-0.4, -0.2) is 56.8 Å². The van der Waals surface area contributed by atoms with Crippen LogP contribution < -0.4 is 19.9 Å². The first kappa shape index (κ1) is 31.4. The maximum absolute atomic E-state index is 13.7. The number of rotatable bonds is 8. The molecule has 0 atom stereocenters. The smallest absolute Gasteiger partial charge is 0.278 e. The van der Waals surface area contributed by atoms with Crippen molar-refractivity contribution in [1.82, 2.24) is 20.3 Å². The molecule has 240 valence electrons. The van der Waals surface area contributed by atoms with E-state index in [1.165, 1.54) is 81.9 Å². The summed E-state index contributed by atoms with van der Waals surface area (Å²) in [5.41, 5.74) is 1.89. The van der Waals surface area contributed by atoms with Crippen molar-refractivity contribution in [3.05, 3.63) is 106 Å². The van der Waals surface area contributed by atoms with Crippen molar-refractivity contribution in [2.45, 2.75) is 6.54 Å².